The molecular formula is C26H23BrN2O3S. The first-order valence-electron chi connectivity index (χ1n) is 10.4. The molecule has 0 spiro atoms. The average molecular weight is 523 g/mol. The summed E-state index contributed by atoms with van der Waals surface area (Å²) in [5.41, 5.74) is 3.28. The molecule has 0 bridgehead atoms. The van der Waals surface area contributed by atoms with Crippen LogP contribution in [-0.2, 0) is 11.4 Å². The molecule has 7 heteroatoms. The first kappa shape index (κ1) is 23.0. The molecule has 1 amide bonds. The third kappa shape index (κ3) is 5.26. The summed E-state index contributed by atoms with van der Waals surface area (Å²) in [5.74, 6) is 1.05. The van der Waals surface area contributed by atoms with Crippen molar-refractivity contribution in [2.75, 3.05) is 7.11 Å². The third-order valence-corrected chi connectivity index (χ3v) is 6.15. The molecule has 1 unspecified atom stereocenters. The normalized spacial score (nSPS) is 15.5. The molecule has 3 aromatic carbocycles. The fraction of sp³-hybridized carbons (Fsp3) is 0.154. The minimum atomic E-state index is -0.173. The van der Waals surface area contributed by atoms with Gasteiger partial charge in [0.15, 0.2) is 16.6 Å². The largest absolute Gasteiger partial charge is 0.493 e. The maximum atomic E-state index is 13.1. The molecule has 1 heterocycles. The Labute approximate surface area is 207 Å². The second-order valence-electron chi connectivity index (χ2n) is 7.58. The highest BCUT2D eigenvalue weighted by atomic mass is 79.9. The van der Waals surface area contributed by atoms with Gasteiger partial charge in [0.2, 0.25) is 0 Å². The van der Waals surface area contributed by atoms with Crippen LogP contribution in [0.15, 0.2) is 83.0 Å². The molecule has 0 saturated carbocycles. The van der Waals surface area contributed by atoms with Crippen molar-refractivity contribution in [3.63, 3.8) is 0 Å². The van der Waals surface area contributed by atoms with E-state index in [9.17, 15) is 4.79 Å². The van der Waals surface area contributed by atoms with Gasteiger partial charge in [0.05, 0.1) is 13.2 Å². The number of nitrogens with one attached hydrogen (secondary N) is 1. The van der Waals surface area contributed by atoms with E-state index in [-0.39, 0.29) is 11.9 Å². The smallest absolute Gasteiger partial charge is 0.277 e. The summed E-state index contributed by atoms with van der Waals surface area (Å²) < 4.78 is 12.5. The number of hydrogen-bond donors (Lipinski definition) is 1. The van der Waals surface area contributed by atoms with E-state index in [1.165, 1.54) is 0 Å². The van der Waals surface area contributed by atoms with Gasteiger partial charge in [0, 0.05) is 4.47 Å². The molecule has 0 radical (unpaired) electrons. The van der Waals surface area contributed by atoms with Gasteiger partial charge < -0.3 is 14.8 Å². The van der Waals surface area contributed by atoms with E-state index < -0.39 is 0 Å². The van der Waals surface area contributed by atoms with Crippen molar-refractivity contribution in [3.8, 4) is 11.5 Å². The fourth-order valence-electron chi connectivity index (χ4n) is 3.63. The van der Waals surface area contributed by atoms with Crippen molar-refractivity contribution in [1.29, 1.82) is 0 Å². The quantitative estimate of drug-likeness (QED) is 0.311. The molecule has 1 saturated heterocycles. The number of thiocarbonyl (C=S) groups is 1. The highest BCUT2D eigenvalue weighted by Gasteiger charge is 2.34. The zero-order chi connectivity index (χ0) is 23.4. The molecule has 1 fully saturated rings. The van der Waals surface area contributed by atoms with Crippen LogP contribution in [0.25, 0.3) is 6.08 Å². The third-order valence-electron chi connectivity index (χ3n) is 5.36. The number of methoxy groups -OCH3 is 1. The van der Waals surface area contributed by atoms with Crippen LogP contribution in [0.1, 0.15) is 29.7 Å². The van der Waals surface area contributed by atoms with Gasteiger partial charge in [-0.1, -0.05) is 64.5 Å². The minimum Gasteiger partial charge on any atom is -0.493 e. The highest BCUT2D eigenvalue weighted by molar-refractivity contribution is 9.10. The topological polar surface area (TPSA) is 50.8 Å². The van der Waals surface area contributed by atoms with Gasteiger partial charge >= 0.3 is 0 Å². The molecule has 168 valence electrons. The molecule has 1 aliphatic rings. The van der Waals surface area contributed by atoms with Crippen molar-refractivity contribution in [2.45, 2.75) is 19.6 Å². The molecule has 3 aromatic rings. The maximum absolute atomic E-state index is 13.1. The molecule has 0 aliphatic carbocycles. The number of hydrogen-bond acceptors (Lipinski definition) is 4. The van der Waals surface area contributed by atoms with Crippen LogP contribution in [0.3, 0.4) is 0 Å². The number of amides is 1. The van der Waals surface area contributed by atoms with Crippen molar-refractivity contribution in [1.82, 2.24) is 10.2 Å². The van der Waals surface area contributed by atoms with E-state index in [1.54, 1.807) is 18.1 Å². The second-order valence-corrected chi connectivity index (χ2v) is 8.88. The van der Waals surface area contributed by atoms with E-state index in [4.69, 9.17) is 21.7 Å². The standard InChI is InChI=1S/C26H23BrN2O3S/c1-17(20-8-4-3-5-9-20)29-25(30)22(28-26(29)33)14-18-11-12-23(24(15-18)31-2)32-16-19-7-6-10-21(27)13-19/h3-15,17H,16H2,1-2H3,(H,28,33). The van der Waals surface area contributed by atoms with Crippen LogP contribution in [0, 0.1) is 0 Å². The summed E-state index contributed by atoms with van der Waals surface area (Å²) in [5, 5.41) is 3.44. The number of ether oxygens (including phenoxy) is 2. The summed E-state index contributed by atoms with van der Waals surface area (Å²) >= 11 is 8.92. The molecule has 0 aromatic heterocycles. The average Bonchev–Trinajstić information content (AvgIpc) is 3.10. The number of rotatable bonds is 7. The maximum Gasteiger partial charge on any atom is 0.277 e. The van der Waals surface area contributed by atoms with Gasteiger partial charge in [0.1, 0.15) is 12.3 Å². The van der Waals surface area contributed by atoms with Crippen LogP contribution in [0.5, 0.6) is 11.5 Å². The molecule has 4 rings (SSSR count). The van der Waals surface area contributed by atoms with Gasteiger partial charge in [-0.15, -0.1) is 0 Å². The van der Waals surface area contributed by atoms with Crippen LogP contribution in [-0.4, -0.2) is 23.0 Å². The van der Waals surface area contributed by atoms with E-state index in [0.29, 0.717) is 28.9 Å². The number of nitrogens with zero attached hydrogens (tertiary/aromatic N) is 1. The SMILES string of the molecule is COc1cc(C=C2NC(=S)N(C(C)c3ccccc3)C2=O)ccc1OCc1cccc(Br)c1. The van der Waals surface area contributed by atoms with Gasteiger partial charge in [-0.2, -0.15) is 0 Å². The number of carbonyl (C=O) groups excluding carboxylic acids is 1. The lowest BCUT2D eigenvalue weighted by Gasteiger charge is -2.23. The van der Waals surface area contributed by atoms with Crippen LogP contribution < -0.4 is 14.8 Å². The molecule has 1 atom stereocenters. The number of carbonyl (C=O) groups is 1. The zero-order valence-corrected chi connectivity index (χ0v) is 20.7. The van der Waals surface area contributed by atoms with Crippen LogP contribution in [0.2, 0.25) is 0 Å². The Morgan fingerprint density at radius 3 is 2.58 bits per heavy atom. The molecular weight excluding hydrogens is 500 g/mol. The molecule has 1 aliphatic heterocycles. The monoisotopic (exact) mass is 522 g/mol. The number of halogens is 1. The van der Waals surface area contributed by atoms with E-state index in [0.717, 1.165) is 21.2 Å². The summed E-state index contributed by atoms with van der Waals surface area (Å²) in [7, 11) is 1.59. The lowest BCUT2D eigenvalue weighted by molar-refractivity contribution is -0.123. The lowest BCUT2D eigenvalue weighted by atomic mass is 10.1. The number of benzene rings is 3. The predicted molar refractivity (Wildman–Crippen MR) is 137 cm³/mol. The summed E-state index contributed by atoms with van der Waals surface area (Å²) in [6.45, 7) is 2.38. The van der Waals surface area contributed by atoms with Gasteiger partial charge in [-0.3, -0.25) is 9.69 Å². The fourth-order valence-corrected chi connectivity index (χ4v) is 4.43. The highest BCUT2D eigenvalue weighted by Crippen LogP contribution is 2.31. The van der Waals surface area contributed by atoms with E-state index in [1.807, 2.05) is 79.7 Å². The Hall–Kier alpha value is -3.16. The lowest BCUT2D eigenvalue weighted by Crippen LogP contribution is -2.33. The van der Waals surface area contributed by atoms with Crippen molar-refractivity contribution < 1.29 is 14.3 Å². The van der Waals surface area contributed by atoms with Gasteiger partial charge in [0.25, 0.3) is 5.91 Å². The van der Waals surface area contributed by atoms with Gasteiger partial charge in [-0.25, -0.2) is 0 Å². The predicted octanol–water partition coefficient (Wildman–Crippen LogP) is 5.86. The van der Waals surface area contributed by atoms with Crippen molar-refractivity contribution in [2.24, 2.45) is 0 Å². The van der Waals surface area contributed by atoms with Crippen molar-refractivity contribution >= 4 is 45.2 Å². The Bertz CT molecular complexity index is 1210. The van der Waals surface area contributed by atoms with E-state index >= 15 is 0 Å². The Balaban J connectivity index is 1.51. The first-order chi connectivity index (χ1) is 16.0. The van der Waals surface area contributed by atoms with E-state index in [2.05, 4.69) is 21.2 Å². The Morgan fingerprint density at radius 1 is 1.06 bits per heavy atom. The summed E-state index contributed by atoms with van der Waals surface area (Å²) in [6.07, 6.45) is 1.77. The Kier molecular flexibility index (Phi) is 7.11. The van der Waals surface area contributed by atoms with Crippen LogP contribution in [0.4, 0.5) is 0 Å². The van der Waals surface area contributed by atoms with Crippen LogP contribution >= 0.6 is 28.1 Å². The summed E-state index contributed by atoms with van der Waals surface area (Å²) in [4.78, 5) is 14.7. The summed E-state index contributed by atoms with van der Waals surface area (Å²) in [6, 6.07) is 23.1. The second kappa shape index (κ2) is 10.2. The van der Waals surface area contributed by atoms with Crippen molar-refractivity contribution in [3.05, 3.63) is 99.7 Å². The first-order valence-corrected chi connectivity index (χ1v) is 11.6. The molecule has 1 N–H and O–H groups in total. The minimum absolute atomic E-state index is 0.162. The van der Waals surface area contributed by atoms with Gasteiger partial charge in [-0.05, 0) is 66.2 Å². The Morgan fingerprint density at radius 2 is 1.85 bits per heavy atom. The molecule has 5 nitrogen and oxygen atoms in total. The molecule has 33 heavy (non-hydrogen) atoms. The zero-order valence-electron chi connectivity index (χ0n) is 18.2.